The van der Waals surface area contributed by atoms with Crippen molar-refractivity contribution in [2.45, 2.75) is 12.7 Å². The van der Waals surface area contributed by atoms with E-state index in [1.807, 2.05) is 6.07 Å². The summed E-state index contributed by atoms with van der Waals surface area (Å²) < 4.78 is 10.7. The first-order valence-corrected chi connectivity index (χ1v) is 8.62. The van der Waals surface area contributed by atoms with Crippen molar-refractivity contribution >= 4 is 44.5 Å². The van der Waals surface area contributed by atoms with Crippen LogP contribution in [-0.2, 0) is 16.1 Å². The lowest BCUT2D eigenvalue weighted by Crippen LogP contribution is -2.36. The number of ether oxygens (including phenoxy) is 2. The molecule has 0 aliphatic carbocycles. The number of nitrogens with zero attached hydrogens (tertiary/aromatic N) is 2. The van der Waals surface area contributed by atoms with Crippen LogP contribution in [0.25, 0.3) is 20.7 Å². The third-order valence-electron chi connectivity index (χ3n) is 3.28. The van der Waals surface area contributed by atoms with Gasteiger partial charge in [-0.15, -0.1) is 22.7 Å². The molecule has 4 nitrogen and oxygen atoms in total. The number of hydrogen-bond donors (Lipinski definition) is 0. The van der Waals surface area contributed by atoms with Crippen molar-refractivity contribution < 1.29 is 9.47 Å². The normalized spacial score (nSPS) is 15.5. The van der Waals surface area contributed by atoms with Crippen LogP contribution in [0.3, 0.4) is 0 Å². The van der Waals surface area contributed by atoms with Crippen molar-refractivity contribution in [3.05, 3.63) is 33.9 Å². The number of rotatable bonds is 4. The summed E-state index contributed by atoms with van der Waals surface area (Å²) in [6, 6.07) is 4.11. The topological polar surface area (TPSA) is 44.2 Å². The molecule has 0 N–H and O–H groups in total. The lowest BCUT2D eigenvalue weighted by atomic mass is 10.2. The Balaban J connectivity index is 1.67. The summed E-state index contributed by atoms with van der Waals surface area (Å²) in [6.45, 7) is 1.67. The predicted molar refractivity (Wildman–Crippen MR) is 85.1 cm³/mol. The van der Waals surface area contributed by atoms with Gasteiger partial charge in [0, 0.05) is 15.8 Å². The monoisotopic (exact) mass is 338 g/mol. The van der Waals surface area contributed by atoms with E-state index in [-0.39, 0.29) is 6.10 Å². The molecule has 0 saturated carbocycles. The number of thiophene rings is 2. The summed E-state index contributed by atoms with van der Waals surface area (Å²) in [5.41, 5.74) is 1.11. The Morgan fingerprint density at radius 2 is 2.24 bits per heavy atom. The third kappa shape index (κ3) is 2.58. The second-order valence-electron chi connectivity index (χ2n) is 4.71. The van der Waals surface area contributed by atoms with Crippen molar-refractivity contribution in [1.29, 1.82) is 0 Å². The van der Waals surface area contributed by atoms with Gasteiger partial charge in [-0.25, -0.2) is 9.97 Å². The van der Waals surface area contributed by atoms with E-state index in [1.54, 1.807) is 22.7 Å². The highest BCUT2D eigenvalue weighted by molar-refractivity contribution is 7.18. The van der Waals surface area contributed by atoms with Gasteiger partial charge in [0.25, 0.3) is 0 Å². The average molecular weight is 339 g/mol. The van der Waals surface area contributed by atoms with Crippen molar-refractivity contribution in [2.75, 3.05) is 13.2 Å². The maximum atomic E-state index is 6.37. The van der Waals surface area contributed by atoms with Gasteiger partial charge in [0.15, 0.2) is 5.82 Å². The highest BCUT2D eigenvalue weighted by atomic mass is 35.5. The summed E-state index contributed by atoms with van der Waals surface area (Å²) in [4.78, 5) is 11.0. The first-order chi connectivity index (χ1) is 10.3. The SMILES string of the molecule is Clc1nc(COC2COC2)nc2scc(-c3cccs3)c12. The predicted octanol–water partition coefficient (Wildman–Crippen LogP) is 3.99. The molecule has 0 radical (unpaired) electrons. The zero-order valence-electron chi connectivity index (χ0n) is 10.9. The molecule has 1 fully saturated rings. The number of hydrogen-bond acceptors (Lipinski definition) is 6. The van der Waals surface area contributed by atoms with Gasteiger partial charge in [0.2, 0.25) is 0 Å². The lowest BCUT2D eigenvalue weighted by molar-refractivity contribution is -0.136. The minimum atomic E-state index is 0.160. The van der Waals surface area contributed by atoms with Crippen molar-refractivity contribution in [2.24, 2.45) is 0 Å². The Bertz CT molecular complexity index is 769. The van der Waals surface area contributed by atoms with Crippen LogP contribution in [0.15, 0.2) is 22.9 Å². The van der Waals surface area contributed by atoms with Gasteiger partial charge < -0.3 is 9.47 Å². The van der Waals surface area contributed by atoms with Gasteiger partial charge in [-0.1, -0.05) is 17.7 Å². The Hall–Kier alpha value is -1.05. The molecule has 3 aromatic rings. The highest BCUT2D eigenvalue weighted by Gasteiger charge is 2.20. The fraction of sp³-hybridized carbons (Fsp3) is 0.286. The molecule has 0 aromatic carbocycles. The number of aromatic nitrogens is 2. The molecular formula is C14H11ClN2O2S2. The van der Waals surface area contributed by atoms with Gasteiger partial charge in [0.05, 0.1) is 18.6 Å². The molecule has 7 heteroatoms. The molecule has 0 bridgehead atoms. The summed E-state index contributed by atoms with van der Waals surface area (Å²) >= 11 is 9.64. The van der Waals surface area contributed by atoms with E-state index >= 15 is 0 Å². The standard InChI is InChI=1S/C14H11ClN2O2S2/c15-13-12-9(10-2-1-3-20-10)7-21-14(12)17-11(16-13)6-19-8-4-18-5-8/h1-3,7-8H,4-6H2. The Morgan fingerprint density at radius 1 is 1.33 bits per heavy atom. The third-order valence-corrected chi connectivity index (χ3v) is 5.33. The van der Waals surface area contributed by atoms with E-state index in [2.05, 4.69) is 26.8 Å². The quantitative estimate of drug-likeness (QED) is 0.675. The number of halogens is 1. The highest BCUT2D eigenvalue weighted by Crippen LogP contribution is 2.38. The van der Waals surface area contributed by atoms with Gasteiger partial charge in [0.1, 0.15) is 22.7 Å². The van der Waals surface area contributed by atoms with Crippen LogP contribution in [0.1, 0.15) is 5.82 Å². The molecule has 0 spiro atoms. The van der Waals surface area contributed by atoms with E-state index in [0.29, 0.717) is 30.8 Å². The summed E-state index contributed by atoms with van der Waals surface area (Å²) in [5.74, 6) is 0.624. The van der Waals surface area contributed by atoms with E-state index in [1.165, 1.54) is 4.88 Å². The smallest absolute Gasteiger partial charge is 0.157 e. The molecule has 1 saturated heterocycles. The fourth-order valence-corrected chi connectivity index (χ4v) is 4.25. The molecule has 0 unspecified atom stereocenters. The average Bonchev–Trinajstić information content (AvgIpc) is 3.04. The Kier molecular flexibility index (Phi) is 3.64. The largest absolute Gasteiger partial charge is 0.376 e. The van der Waals surface area contributed by atoms with E-state index < -0.39 is 0 Å². The van der Waals surface area contributed by atoms with Gasteiger partial charge >= 0.3 is 0 Å². The maximum absolute atomic E-state index is 6.37. The van der Waals surface area contributed by atoms with Gasteiger partial charge in [-0.2, -0.15) is 0 Å². The van der Waals surface area contributed by atoms with Gasteiger partial charge in [-0.3, -0.25) is 0 Å². The first kappa shape index (κ1) is 13.6. The molecule has 3 aromatic heterocycles. The summed E-state index contributed by atoms with van der Waals surface area (Å²) in [7, 11) is 0. The van der Waals surface area contributed by atoms with Crippen LogP contribution in [0.2, 0.25) is 5.15 Å². The second kappa shape index (κ2) is 5.62. The van der Waals surface area contributed by atoms with E-state index in [0.717, 1.165) is 15.8 Å². The van der Waals surface area contributed by atoms with Crippen molar-refractivity contribution in [1.82, 2.24) is 9.97 Å². The van der Waals surface area contributed by atoms with Crippen LogP contribution >= 0.6 is 34.3 Å². The number of fused-ring (bicyclic) bond motifs is 1. The second-order valence-corrected chi connectivity index (χ2v) is 6.87. The van der Waals surface area contributed by atoms with Crippen LogP contribution in [-0.4, -0.2) is 29.3 Å². The molecule has 4 rings (SSSR count). The van der Waals surface area contributed by atoms with Crippen LogP contribution in [0.4, 0.5) is 0 Å². The molecular weight excluding hydrogens is 328 g/mol. The van der Waals surface area contributed by atoms with E-state index in [9.17, 15) is 0 Å². The molecule has 21 heavy (non-hydrogen) atoms. The Labute approximate surface area is 134 Å². The first-order valence-electron chi connectivity index (χ1n) is 6.48. The molecule has 1 aliphatic rings. The van der Waals surface area contributed by atoms with Crippen LogP contribution in [0.5, 0.6) is 0 Å². The minimum Gasteiger partial charge on any atom is -0.376 e. The maximum Gasteiger partial charge on any atom is 0.157 e. The summed E-state index contributed by atoms with van der Waals surface area (Å²) in [6.07, 6.45) is 0.160. The van der Waals surface area contributed by atoms with Crippen molar-refractivity contribution in [3.8, 4) is 10.4 Å². The Morgan fingerprint density at radius 3 is 2.95 bits per heavy atom. The molecule has 4 heterocycles. The molecule has 0 amide bonds. The zero-order valence-corrected chi connectivity index (χ0v) is 13.3. The molecule has 108 valence electrons. The van der Waals surface area contributed by atoms with Gasteiger partial charge in [-0.05, 0) is 11.4 Å². The molecule has 0 atom stereocenters. The van der Waals surface area contributed by atoms with Crippen molar-refractivity contribution in [3.63, 3.8) is 0 Å². The minimum absolute atomic E-state index is 0.160. The van der Waals surface area contributed by atoms with Crippen LogP contribution in [0, 0.1) is 0 Å². The summed E-state index contributed by atoms with van der Waals surface area (Å²) in [5, 5.41) is 5.56. The van der Waals surface area contributed by atoms with Crippen LogP contribution < -0.4 is 0 Å². The molecule has 1 aliphatic heterocycles. The lowest BCUT2D eigenvalue weighted by Gasteiger charge is -2.25. The fourth-order valence-electron chi connectivity index (χ4n) is 2.12. The van der Waals surface area contributed by atoms with E-state index in [4.69, 9.17) is 21.1 Å². The zero-order chi connectivity index (χ0) is 14.2.